The topological polar surface area (TPSA) is 123 Å². The molecule has 1 aliphatic heterocycles. The number of carbonyl (C=O) groups is 2. The van der Waals surface area contributed by atoms with Crippen LogP contribution in [0.15, 0.2) is 30.3 Å². The third-order valence-electron chi connectivity index (χ3n) is 6.91. The van der Waals surface area contributed by atoms with Crippen molar-refractivity contribution in [3.63, 3.8) is 0 Å². The highest BCUT2D eigenvalue weighted by molar-refractivity contribution is 5.75. The van der Waals surface area contributed by atoms with Crippen LogP contribution in [0.4, 0.5) is 0 Å². The van der Waals surface area contributed by atoms with E-state index in [4.69, 9.17) is 14.2 Å². The number of aliphatic hydroxyl groups excluding tert-OH is 1. The summed E-state index contributed by atoms with van der Waals surface area (Å²) in [6.45, 7) is 4.27. The van der Waals surface area contributed by atoms with Crippen LogP contribution in [-0.2, 0) is 16.0 Å². The molecule has 8 nitrogen and oxygen atoms in total. The Balaban J connectivity index is 1.78. The van der Waals surface area contributed by atoms with Gasteiger partial charge in [0.1, 0.15) is 23.4 Å². The second kappa shape index (κ2) is 15.4. The molecule has 0 amide bonds. The van der Waals surface area contributed by atoms with Crippen molar-refractivity contribution in [2.75, 3.05) is 0 Å². The van der Waals surface area contributed by atoms with Crippen molar-refractivity contribution in [1.29, 1.82) is 0 Å². The number of phenols is 2. The van der Waals surface area contributed by atoms with E-state index >= 15 is 0 Å². The summed E-state index contributed by atoms with van der Waals surface area (Å²) in [5.41, 5.74) is 0.962. The normalized spacial score (nSPS) is 16.3. The molecule has 2 atom stereocenters. The number of esters is 2. The van der Waals surface area contributed by atoms with E-state index in [1.165, 1.54) is 18.2 Å². The molecule has 0 radical (unpaired) electrons. The fraction of sp³-hybridized carbons (Fsp3) is 0.548. The number of phenolic OH excluding ortho intramolecular Hbond substituents is 2. The zero-order chi connectivity index (χ0) is 28.2. The first-order valence-corrected chi connectivity index (χ1v) is 14.3. The summed E-state index contributed by atoms with van der Waals surface area (Å²) in [6.07, 6.45) is 8.80. The van der Waals surface area contributed by atoms with Gasteiger partial charge in [-0.05, 0) is 30.5 Å². The third kappa shape index (κ3) is 9.17. The van der Waals surface area contributed by atoms with Crippen LogP contribution in [0.25, 0.3) is 0 Å². The number of rotatable bonds is 15. The van der Waals surface area contributed by atoms with Gasteiger partial charge >= 0.3 is 11.9 Å². The van der Waals surface area contributed by atoms with Crippen molar-refractivity contribution in [3.8, 4) is 28.7 Å². The first-order valence-electron chi connectivity index (χ1n) is 14.3. The Hall–Kier alpha value is -3.26. The minimum atomic E-state index is -1.01. The fourth-order valence-corrected chi connectivity index (χ4v) is 4.69. The van der Waals surface area contributed by atoms with Crippen LogP contribution < -0.4 is 14.2 Å². The van der Waals surface area contributed by atoms with Crippen LogP contribution >= 0.6 is 0 Å². The Bertz CT molecular complexity index is 1100. The summed E-state index contributed by atoms with van der Waals surface area (Å²) < 4.78 is 17.4. The fourth-order valence-electron chi connectivity index (χ4n) is 4.69. The molecule has 0 bridgehead atoms. The van der Waals surface area contributed by atoms with Gasteiger partial charge in [-0.25, -0.2) is 0 Å². The quantitative estimate of drug-likeness (QED) is 0.0987. The molecule has 0 saturated carbocycles. The van der Waals surface area contributed by atoms with Gasteiger partial charge in [-0.1, -0.05) is 71.3 Å². The summed E-state index contributed by atoms with van der Waals surface area (Å²) >= 11 is 0. The molecule has 0 aromatic heterocycles. The molecule has 0 fully saturated rings. The number of hydrogen-bond acceptors (Lipinski definition) is 8. The number of benzene rings is 2. The number of carbonyl (C=O) groups excluding carboxylic acids is 2. The molecule has 1 aliphatic rings. The smallest absolute Gasteiger partial charge is 0.311 e. The summed E-state index contributed by atoms with van der Waals surface area (Å²) in [6, 6.07) is 7.27. The lowest BCUT2D eigenvalue weighted by molar-refractivity contribution is -0.135. The molecule has 2 aromatic carbocycles. The molecule has 39 heavy (non-hydrogen) atoms. The molecule has 1 heterocycles. The average Bonchev–Trinajstić information content (AvgIpc) is 2.90. The maximum atomic E-state index is 12.6. The second-order valence-electron chi connectivity index (χ2n) is 10.2. The van der Waals surface area contributed by atoms with E-state index in [-0.39, 0.29) is 48.2 Å². The van der Waals surface area contributed by atoms with E-state index in [2.05, 4.69) is 13.8 Å². The van der Waals surface area contributed by atoms with Crippen molar-refractivity contribution in [3.05, 3.63) is 41.5 Å². The van der Waals surface area contributed by atoms with Crippen LogP contribution in [0.1, 0.15) is 108 Å². The summed E-state index contributed by atoms with van der Waals surface area (Å²) in [7, 11) is 0. The highest BCUT2D eigenvalue weighted by Gasteiger charge is 2.33. The highest BCUT2D eigenvalue weighted by Crippen LogP contribution is 2.43. The van der Waals surface area contributed by atoms with Crippen molar-refractivity contribution in [2.24, 2.45) is 0 Å². The Morgan fingerprint density at radius 2 is 1.44 bits per heavy atom. The highest BCUT2D eigenvalue weighted by atomic mass is 16.6. The largest absolute Gasteiger partial charge is 0.504 e. The van der Waals surface area contributed by atoms with Crippen molar-refractivity contribution < 1.29 is 39.1 Å². The summed E-state index contributed by atoms with van der Waals surface area (Å²) in [4.78, 5) is 25.2. The maximum absolute atomic E-state index is 12.6. The van der Waals surface area contributed by atoms with E-state index in [0.717, 1.165) is 64.2 Å². The summed E-state index contributed by atoms with van der Waals surface area (Å²) in [5, 5.41) is 30.5. The first-order chi connectivity index (χ1) is 18.8. The molecule has 0 saturated heterocycles. The molecule has 2 aromatic rings. The summed E-state index contributed by atoms with van der Waals surface area (Å²) in [5.74, 6) is -0.674. The van der Waals surface area contributed by atoms with Gasteiger partial charge in [0.25, 0.3) is 0 Å². The van der Waals surface area contributed by atoms with Gasteiger partial charge in [0.15, 0.2) is 11.5 Å². The number of hydrogen-bond donors (Lipinski definition) is 3. The van der Waals surface area contributed by atoms with E-state index < -0.39 is 18.2 Å². The average molecular weight is 543 g/mol. The molecule has 2 unspecified atom stereocenters. The molecule has 3 N–H and O–H groups in total. The zero-order valence-electron chi connectivity index (χ0n) is 23.1. The van der Waals surface area contributed by atoms with Gasteiger partial charge in [-0.2, -0.15) is 0 Å². The van der Waals surface area contributed by atoms with Gasteiger partial charge in [0, 0.05) is 37.0 Å². The van der Waals surface area contributed by atoms with Gasteiger partial charge in [0.05, 0.1) is 6.10 Å². The number of aromatic hydroxyl groups is 2. The van der Waals surface area contributed by atoms with E-state index in [1.54, 1.807) is 12.1 Å². The first kappa shape index (κ1) is 30.3. The van der Waals surface area contributed by atoms with Crippen molar-refractivity contribution >= 4 is 11.9 Å². The lowest BCUT2D eigenvalue weighted by Crippen LogP contribution is -2.31. The Kier molecular flexibility index (Phi) is 11.9. The predicted octanol–water partition coefficient (Wildman–Crippen LogP) is 6.67. The SMILES string of the molecule is CCCCCCCC(=O)Oc1cc(OC(=O)CCCCCCC)c2c(c1)OC(c1ccc(O)c(O)c1)C(O)C2. The van der Waals surface area contributed by atoms with Crippen LogP contribution in [0, 0.1) is 0 Å². The van der Waals surface area contributed by atoms with Crippen molar-refractivity contribution in [2.45, 2.75) is 110 Å². The Labute approximate surface area is 230 Å². The second-order valence-corrected chi connectivity index (χ2v) is 10.2. The molecular weight excluding hydrogens is 500 g/mol. The van der Waals surface area contributed by atoms with Crippen LogP contribution in [-0.4, -0.2) is 33.4 Å². The van der Waals surface area contributed by atoms with Gasteiger partial charge < -0.3 is 29.5 Å². The molecule has 0 spiro atoms. The third-order valence-corrected chi connectivity index (χ3v) is 6.91. The number of ether oxygens (including phenoxy) is 3. The van der Waals surface area contributed by atoms with Gasteiger partial charge in [0.2, 0.25) is 0 Å². The number of fused-ring (bicyclic) bond motifs is 1. The Morgan fingerprint density at radius 1 is 0.821 bits per heavy atom. The number of aliphatic hydroxyl groups is 1. The molecule has 0 aliphatic carbocycles. The van der Waals surface area contributed by atoms with E-state index in [0.29, 0.717) is 16.9 Å². The Morgan fingerprint density at radius 3 is 2.05 bits per heavy atom. The van der Waals surface area contributed by atoms with E-state index in [9.17, 15) is 24.9 Å². The minimum Gasteiger partial charge on any atom is -0.504 e. The van der Waals surface area contributed by atoms with Crippen molar-refractivity contribution in [1.82, 2.24) is 0 Å². The standard InChI is InChI=1S/C31H42O8/c1-3-5-7-9-11-13-29(35)37-22-18-27(38-30(36)14-12-10-8-6-4-2)23-20-26(34)31(39-28(23)19-22)21-15-16-24(32)25(33)17-21/h15-19,26,31-34H,3-14,20H2,1-2H3. The van der Waals surface area contributed by atoms with Crippen LogP contribution in [0.3, 0.4) is 0 Å². The van der Waals surface area contributed by atoms with Gasteiger partial charge in [-0.3, -0.25) is 9.59 Å². The molecule has 3 rings (SSSR count). The van der Waals surface area contributed by atoms with Gasteiger partial charge in [-0.15, -0.1) is 0 Å². The molecule has 214 valence electrons. The molecule has 8 heteroatoms. The maximum Gasteiger partial charge on any atom is 0.311 e. The minimum absolute atomic E-state index is 0.117. The van der Waals surface area contributed by atoms with Crippen LogP contribution in [0.5, 0.6) is 28.7 Å². The van der Waals surface area contributed by atoms with Crippen LogP contribution in [0.2, 0.25) is 0 Å². The number of unbranched alkanes of at least 4 members (excludes halogenated alkanes) is 8. The zero-order valence-corrected chi connectivity index (χ0v) is 23.1. The lowest BCUT2D eigenvalue weighted by Gasteiger charge is -2.32. The lowest BCUT2D eigenvalue weighted by atomic mass is 9.94. The predicted molar refractivity (Wildman–Crippen MR) is 147 cm³/mol. The van der Waals surface area contributed by atoms with E-state index in [1.807, 2.05) is 0 Å². The monoisotopic (exact) mass is 542 g/mol. The molecular formula is C31H42O8.